The number of nitrogens with zero attached hydrogens (tertiary/aromatic N) is 7. The van der Waals surface area contributed by atoms with Crippen molar-refractivity contribution < 1.29 is 59.0 Å². The van der Waals surface area contributed by atoms with Gasteiger partial charge in [0.2, 0.25) is 17.7 Å². The van der Waals surface area contributed by atoms with E-state index in [0.29, 0.717) is 82.0 Å². The third-order valence-corrected chi connectivity index (χ3v) is 27.0. The first-order valence-electron chi connectivity index (χ1n) is 38.2. The normalized spacial score (nSPS) is 20.5. The van der Waals surface area contributed by atoms with Crippen LogP contribution in [0.4, 0.5) is 24.5 Å². The lowest BCUT2D eigenvalue weighted by molar-refractivity contribution is -0.144. The Bertz CT molecular complexity index is 4380. The number of allylic oxidation sites excluding steroid dienone is 1. The van der Waals surface area contributed by atoms with E-state index in [4.69, 9.17) is 16.3 Å². The molecule has 0 spiro atoms. The van der Waals surface area contributed by atoms with E-state index in [-0.39, 0.29) is 54.1 Å². The summed E-state index contributed by atoms with van der Waals surface area (Å²) in [5.41, 5.74) is 2.66. The van der Waals surface area contributed by atoms with Crippen molar-refractivity contribution in [1.29, 1.82) is 0 Å². The fraction of sp³-hybridized carbons (Fsp3) is 0.519. The van der Waals surface area contributed by atoms with Crippen LogP contribution in [0, 0.1) is 17.8 Å². The first-order chi connectivity index (χ1) is 52.4. The smallest absolute Gasteiger partial charge is 0.391 e. The third-order valence-electron chi connectivity index (χ3n) is 21.8. The molecule has 1 unspecified atom stereocenters. The number of carbonyl (C=O) groups excluding carboxylic acids is 4. The highest BCUT2D eigenvalue weighted by atomic mass is 35.5. The largest absolute Gasteiger partial charge is 0.501 e. The first-order valence-corrected chi connectivity index (χ1v) is 43.4. The molecule has 4 saturated heterocycles. The predicted molar refractivity (Wildman–Crippen MR) is 429 cm³/mol. The summed E-state index contributed by atoms with van der Waals surface area (Å²) in [6, 6.07) is 31.9. The van der Waals surface area contributed by atoms with Gasteiger partial charge in [0, 0.05) is 132 Å². The van der Waals surface area contributed by atoms with Crippen LogP contribution in [0.5, 0.6) is 0 Å². The van der Waals surface area contributed by atoms with Gasteiger partial charge in [-0.05, 0) is 171 Å². The number of benzene rings is 5. The highest BCUT2D eigenvalue weighted by Gasteiger charge is 2.49. The Morgan fingerprint density at radius 1 is 0.773 bits per heavy atom. The van der Waals surface area contributed by atoms with E-state index >= 15 is 0 Å². The zero-order valence-electron chi connectivity index (χ0n) is 63.7. The summed E-state index contributed by atoms with van der Waals surface area (Å²) in [6.45, 7) is 24.3. The van der Waals surface area contributed by atoms with Gasteiger partial charge in [-0.25, -0.2) is 26.5 Å². The Morgan fingerprint density at radius 2 is 1.44 bits per heavy atom. The lowest BCUT2D eigenvalue weighted by Gasteiger charge is -2.44. The zero-order chi connectivity index (χ0) is 78.5. The van der Waals surface area contributed by atoms with Crippen LogP contribution >= 0.6 is 34.7 Å². The zero-order valence-corrected chi connectivity index (χ0v) is 67.7. The molecule has 0 radical (unpaired) electrons. The van der Waals surface area contributed by atoms with Gasteiger partial charge in [-0.2, -0.15) is 13.2 Å². The molecule has 4 amide bonds. The summed E-state index contributed by atoms with van der Waals surface area (Å²) in [5, 5.41) is 20.6. The Morgan fingerprint density at radius 3 is 2.10 bits per heavy atom. The number of sulfone groups is 1. The number of hydrogen-bond donors (Lipinski definition) is 5. The minimum atomic E-state index is -6.10. The number of likely N-dealkylation sites (tertiary alicyclic amines) is 1. The van der Waals surface area contributed by atoms with E-state index in [0.717, 1.165) is 135 Å². The molecule has 596 valence electrons. The minimum absolute atomic E-state index is 0.000394. The topological polar surface area (TPSA) is 246 Å². The lowest BCUT2D eigenvalue weighted by Crippen LogP contribution is -2.57. The van der Waals surface area contributed by atoms with Crippen LogP contribution in [0.2, 0.25) is 5.02 Å². The van der Waals surface area contributed by atoms with Gasteiger partial charge in [0.1, 0.15) is 17.0 Å². The standard InChI is InChI=1S/C81H105ClF3N11O10S4/c1-56(58-16-18-60(19-17-58)74-57(2)86-55-108-74)87-77(100)71-49-66(97)53-96(71)78(101)75(79(3,4)5)89-73(98)15-11-8-12-34-91-36-38-94(39-37-91)54-80(6)33-30-69(59-20-24-63(82)25-21-59)62(51-80)52-93-40-42-95(43-41-93)65-26-22-61(23-27-65)76(99)90-110(104,105)68-28-29-70(72(50-68)109(102,103)81(83,84)85)88-64(31-35-92-44-46-106-47-45-92)32-48-107-67-13-9-7-10-14-67/h7,9-10,13-14,16-29,50,55-56,64,66,71,75,88,97H,8,11-12,15,30-49,51-54H2,1-6H3,(H,87,100)(H,89,98)(H,90,99)/t56-,64+,66+,71-,75+,80?/m0/s1. The Labute approximate surface area is 659 Å². The number of aliphatic hydroxyl groups excluding tert-OH is 1. The van der Waals surface area contributed by atoms with Crippen molar-refractivity contribution in [3.05, 3.63) is 160 Å². The van der Waals surface area contributed by atoms with Crippen molar-refractivity contribution in [2.45, 2.75) is 156 Å². The van der Waals surface area contributed by atoms with Crippen molar-refractivity contribution in [3.63, 3.8) is 0 Å². The number of halogens is 4. The van der Waals surface area contributed by atoms with Gasteiger partial charge in [0.25, 0.3) is 25.8 Å². The lowest BCUT2D eigenvalue weighted by atomic mass is 9.71. The molecule has 11 rings (SSSR count). The van der Waals surface area contributed by atoms with Crippen molar-refractivity contribution in [2.24, 2.45) is 10.8 Å². The minimum Gasteiger partial charge on any atom is -0.391 e. The van der Waals surface area contributed by atoms with Crippen molar-refractivity contribution in [3.8, 4) is 10.4 Å². The van der Waals surface area contributed by atoms with Crippen LogP contribution in [0.15, 0.2) is 147 Å². The van der Waals surface area contributed by atoms with Gasteiger partial charge >= 0.3 is 5.51 Å². The number of carbonyl (C=O) groups is 4. The molecule has 5 aromatic carbocycles. The predicted octanol–water partition coefficient (Wildman–Crippen LogP) is 12.2. The molecule has 5 heterocycles. The number of aryl methyl sites for hydroxylation is 1. The molecule has 0 bridgehead atoms. The number of nitrogens with one attached hydrogen (secondary N) is 4. The SMILES string of the molecule is Cc1ncsc1-c1ccc([C@H](C)NC(=O)[C@@H]2C[C@@H](O)CN2C(=O)[C@@H](NC(=O)CCCCCN2CCN(CC3(C)CCC(c4ccc(Cl)cc4)=C(CN4CCN(c5ccc(C(=O)NS(=O)(=O)c6ccc(N[C@@H](CCSc7ccccc7)CCN7CCOCC7)c(S(=O)(=O)C(F)(F)F)c6)cc5)CC4)C3)CC2)C(C)(C)C)cc1. The molecule has 1 aliphatic carbocycles. The maximum absolute atomic E-state index is 14.4. The fourth-order valence-electron chi connectivity index (χ4n) is 15.5. The van der Waals surface area contributed by atoms with Crippen LogP contribution in [0.3, 0.4) is 0 Å². The number of aliphatic hydroxyl groups is 1. The molecule has 29 heteroatoms. The van der Waals surface area contributed by atoms with E-state index in [9.17, 15) is 54.3 Å². The second kappa shape index (κ2) is 37.3. The average Bonchev–Trinajstić information content (AvgIpc) is 1.03. The second-order valence-electron chi connectivity index (χ2n) is 31.3. The van der Waals surface area contributed by atoms with Gasteiger partial charge in [-0.1, -0.05) is 106 Å². The Balaban J connectivity index is 0.630. The molecule has 6 aromatic rings. The number of morpholine rings is 1. The molecule has 21 nitrogen and oxygen atoms in total. The van der Waals surface area contributed by atoms with Gasteiger partial charge < -0.3 is 45.4 Å². The summed E-state index contributed by atoms with van der Waals surface area (Å²) < 4.78 is 105. The van der Waals surface area contributed by atoms with Crippen LogP contribution < -0.4 is 25.6 Å². The highest BCUT2D eigenvalue weighted by Crippen LogP contribution is 2.45. The van der Waals surface area contributed by atoms with E-state index < -0.39 is 76.4 Å². The van der Waals surface area contributed by atoms with Crippen LogP contribution in [-0.2, 0) is 39.0 Å². The number of aromatic nitrogens is 1. The quantitative estimate of drug-likeness (QED) is 0.0201. The van der Waals surface area contributed by atoms with Crippen LogP contribution in [-0.4, -0.2) is 222 Å². The van der Waals surface area contributed by atoms with Gasteiger partial charge in [0.15, 0.2) is 0 Å². The van der Waals surface area contributed by atoms with Crippen molar-refractivity contribution >= 4 is 95.1 Å². The van der Waals surface area contributed by atoms with E-state index in [1.54, 1.807) is 35.2 Å². The van der Waals surface area contributed by atoms with E-state index in [1.807, 2.05) is 112 Å². The molecular weight excluding hydrogens is 1510 g/mol. The van der Waals surface area contributed by atoms with Crippen LogP contribution in [0.25, 0.3) is 16.0 Å². The van der Waals surface area contributed by atoms with Crippen molar-refractivity contribution in [1.82, 2.24) is 44.8 Å². The number of unbranched alkanes of at least 4 members (excludes halogenated alkanes) is 2. The fourth-order valence-corrected chi connectivity index (χ4v) is 19.4. The van der Waals surface area contributed by atoms with Gasteiger partial charge in [0.05, 0.1) is 52.0 Å². The number of anilines is 2. The van der Waals surface area contributed by atoms with Gasteiger partial charge in [-0.15, -0.1) is 23.1 Å². The van der Waals surface area contributed by atoms with Crippen LogP contribution in [0.1, 0.15) is 132 Å². The third kappa shape index (κ3) is 22.3. The number of thiazole rings is 1. The molecular formula is C81H105ClF3N11O10S4. The van der Waals surface area contributed by atoms with E-state index in [1.165, 1.54) is 33.7 Å². The number of piperazine rings is 2. The molecule has 4 aliphatic heterocycles. The molecule has 110 heavy (non-hydrogen) atoms. The van der Waals surface area contributed by atoms with Crippen molar-refractivity contribution in [2.75, 3.05) is 127 Å². The number of alkyl halides is 3. The highest BCUT2D eigenvalue weighted by molar-refractivity contribution is 7.99. The van der Waals surface area contributed by atoms with E-state index in [2.05, 4.69) is 64.5 Å². The molecule has 5 aliphatic rings. The number of rotatable bonds is 31. The maximum atomic E-state index is 14.4. The average molecular weight is 1610 g/mol. The Hall–Kier alpha value is -6.96. The van der Waals surface area contributed by atoms with Gasteiger partial charge in [-0.3, -0.25) is 29.0 Å². The number of thioether (sulfide) groups is 1. The monoisotopic (exact) mass is 1610 g/mol. The molecule has 6 atom stereocenters. The molecule has 5 N–H and O–H groups in total. The second-order valence-corrected chi connectivity index (χ2v) is 37.3. The number of ether oxygens (including phenoxy) is 1. The summed E-state index contributed by atoms with van der Waals surface area (Å²) in [7, 11) is -11.0. The molecule has 0 saturated carbocycles. The summed E-state index contributed by atoms with van der Waals surface area (Å²) in [6.07, 6.45) is 5.75. The number of β-amino-alcohol motifs (C(OH)–C–C–N with tert-alkyl or cyclic N) is 1. The maximum Gasteiger partial charge on any atom is 0.501 e. The molecule has 4 fully saturated rings. The number of amides is 4. The first kappa shape index (κ1) is 84.0. The Kier molecular flexibility index (Phi) is 28.5. The number of hydrogen-bond acceptors (Lipinski definition) is 19. The molecule has 1 aromatic heterocycles. The summed E-state index contributed by atoms with van der Waals surface area (Å²) in [5.74, 6) is -1.44. The number of sulfonamides is 1. The summed E-state index contributed by atoms with van der Waals surface area (Å²) >= 11 is 9.53. The summed E-state index contributed by atoms with van der Waals surface area (Å²) in [4.78, 5) is 73.2.